The third-order valence-electron chi connectivity index (χ3n) is 7.29. The summed E-state index contributed by atoms with van der Waals surface area (Å²) >= 11 is 0. The average Bonchev–Trinajstić information content (AvgIpc) is 3.14. The summed E-state index contributed by atoms with van der Waals surface area (Å²) in [6.07, 6.45) is 7.49. The van der Waals surface area contributed by atoms with Crippen LogP contribution in [0, 0.1) is 10.8 Å². The van der Waals surface area contributed by atoms with Gasteiger partial charge in [0.2, 0.25) is 0 Å². The molecule has 3 heterocycles. The molecule has 4 fully saturated rings. The van der Waals surface area contributed by atoms with Gasteiger partial charge in [-0.2, -0.15) is 0 Å². The van der Waals surface area contributed by atoms with Crippen LogP contribution in [0.5, 0.6) is 0 Å². The van der Waals surface area contributed by atoms with Gasteiger partial charge >= 0.3 is 5.97 Å². The van der Waals surface area contributed by atoms with Crippen LogP contribution >= 0.6 is 0 Å². The molecule has 1 aromatic rings. The minimum Gasteiger partial charge on any atom is -0.468 e. The van der Waals surface area contributed by atoms with Gasteiger partial charge in [0.1, 0.15) is 5.41 Å². The number of esters is 1. The second kappa shape index (κ2) is 3.83. The SMILES string of the molecule is COC(=O)C12CC3(C=CCN4CC[C@]5(C1=Nc1ccccc15)[C@@H]43)C2. The van der Waals surface area contributed by atoms with Crippen LogP contribution in [-0.4, -0.2) is 42.8 Å². The standard InChI is InChI=1S/C20H20N2O2/c1-24-17(23)19-11-18(12-19)7-4-9-22-10-8-20(16(18)22)13-5-2-3-6-14(13)21-15(19)20/h2-7,16H,8-12H2,1H3/t16-,18?,19?,20-/m0/s1. The molecule has 24 heavy (non-hydrogen) atoms. The number of hydrogen-bond acceptors (Lipinski definition) is 4. The molecule has 2 spiro atoms. The molecule has 0 aromatic heterocycles. The highest BCUT2D eigenvalue weighted by molar-refractivity contribution is 6.18. The van der Waals surface area contributed by atoms with Gasteiger partial charge in [-0.25, -0.2) is 0 Å². The lowest BCUT2D eigenvalue weighted by Crippen LogP contribution is -2.75. The maximum Gasteiger partial charge on any atom is 0.317 e. The van der Waals surface area contributed by atoms with Crippen LogP contribution in [0.4, 0.5) is 5.69 Å². The highest BCUT2D eigenvalue weighted by atomic mass is 16.5. The first kappa shape index (κ1) is 13.4. The Morgan fingerprint density at radius 2 is 2.17 bits per heavy atom. The van der Waals surface area contributed by atoms with Gasteiger partial charge in [-0.1, -0.05) is 30.4 Å². The van der Waals surface area contributed by atoms with E-state index < -0.39 is 5.41 Å². The molecule has 3 aliphatic carbocycles. The van der Waals surface area contributed by atoms with Crippen molar-refractivity contribution in [3.05, 3.63) is 42.0 Å². The molecule has 2 atom stereocenters. The van der Waals surface area contributed by atoms with Crippen LogP contribution in [0.15, 0.2) is 41.4 Å². The molecule has 7 rings (SSSR count). The van der Waals surface area contributed by atoms with Gasteiger partial charge < -0.3 is 4.74 Å². The summed E-state index contributed by atoms with van der Waals surface area (Å²) in [7, 11) is 1.52. The van der Waals surface area contributed by atoms with E-state index in [1.54, 1.807) is 0 Å². The molecular formula is C20H20N2O2. The van der Waals surface area contributed by atoms with Crippen molar-refractivity contribution in [1.29, 1.82) is 0 Å². The molecule has 0 N–H and O–H groups in total. The maximum atomic E-state index is 12.8. The Morgan fingerprint density at radius 3 is 3.00 bits per heavy atom. The zero-order valence-corrected chi connectivity index (χ0v) is 13.8. The van der Waals surface area contributed by atoms with Crippen molar-refractivity contribution in [1.82, 2.24) is 4.90 Å². The molecule has 3 aliphatic heterocycles. The minimum absolute atomic E-state index is 0.0880. The van der Waals surface area contributed by atoms with E-state index in [9.17, 15) is 4.79 Å². The van der Waals surface area contributed by atoms with E-state index in [-0.39, 0.29) is 16.8 Å². The van der Waals surface area contributed by atoms with E-state index in [1.165, 1.54) is 12.7 Å². The summed E-state index contributed by atoms with van der Waals surface area (Å²) in [6.45, 7) is 2.11. The third-order valence-corrected chi connectivity index (χ3v) is 7.29. The molecule has 6 aliphatic rings. The first-order valence-corrected chi connectivity index (χ1v) is 8.86. The van der Waals surface area contributed by atoms with Crippen molar-refractivity contribution in [3.8, 4) is 0 Å². The Labute approximate surface area is 141 Å². The van der Waals surface area contributed by atoms with Crippen molar-refractivity contribution in [2.75, 3.05) is 20.2 Å². The smallest absolute Gasteiger partial charge is 0.317 e. The molecule has 3 saturated carbocycles. The molecule has 1 aromatic carbocycles. The van der Waals surface area contributed by atoms with E-state index in [0.29, 0.717) is 6.04 Å². The molecule has 122 valence electrons. The first-order chi connectivity index (χ1) is 11.7. The normalized spacial score (nSPS) is 43.4. The van der Waals surface area contributed by atoms with Gasteiger partial charge in [0.05, 0.1) is 18.2 Å². The minimum atomic E-state index is -0.512. The fourth-order valence-corrected chi connectivity index (χ4v) is 6.81. The Hall–Kier alpha value is -1.94. The van der Waals surface area contributed by atoms with Crippen LogP contribution < -0.4 is 0 Å². The van der Waals surface area contributed by atoms with Crippen molar-refractivity contribution < 1.29 is 9.53 Å². The summed E-state index contributed by atoms with van der Waals surface area (Å²) in [4.78, 5) is 20.5. The van der Waals surface area contributed by atoms with Gasteiger partial charge in [0.15, 0.2) is 0 Å². The Morgan fingerprint density at radius 1 is 1.33 bits per heavy atom. The van der Waals surface area contributed by atoms with Crippen molar-refractivity contribution in [2.24, 2.45) is 15.8 Å². The lowest BCUT2D eigenvalue weighted by Gasteiger charge is -2.68. The molecule has 1 saturated heterocycles. The fourth-order valence-electron chi connectivity index (χ4n) is 6.81. The van der Waals surface area contributed by atoms with Crippen molar-refractivity contribution >= 4 is 17.4 Å². The summed E-state index contributed by atoms with van der Waals surface area (Å²) in [5.41, 5.74) is 3.01. The van der Waals surface area contributed by atoms with Gasteiger partial charge in [-0.15, -0.1) is 0 Å². The predicted molar refractivity (Wildman–Crippen MR) is 90.4 cm³/mol. The number of benzene rings is 1. The number of nitrogens with zero attached hydrogens (tertiary/aromatic N) is 2. The zero-order chi connectivity index (χ0) is 16.2. The number of fused-ring (bicyclic) bond motifs is 1. The van der Waals surface area contributed by atoms with E-state index in [4.69, 9.17) is 9.73 Å². The highest BCUT2D eigenvalue weighted by Crippen LogP contribution is 2.74. The van der Waals surface area contributed by atoms with E-state index in [1.807, 2.05) is 0 Å². The van der Waals surface area contributed by atoms with Crippen LogP contribution in [-0.2, 0) is 14.9 Å². The molecule has 0 radical (unpaired) electrons. The van der Waals surface area contributed by atoms with E-state index in [0.717, 1.165) is 43.8 Å². The number of methoxy groups -OCH3 is 1. The quantitative estimate of drug-likeness (QED) is 0.590. The monoisotopic (exact) mass is 320 g/mol. The van der Waals surface area contributed by atoms with Gasteiger partial charge in [0, 0.05) is 30.3 Å². The van der Waals surface area contributed by atoms with Gasteiger partial charge in [0.25, 0.3) is 0 Å². The molecule has 0 unspecified atom stereocenters. The predicted octanol–water partition coefficient (Wildman–Crippen LogP) is 2.61. The summed E-state index contributed by atoms with van der Waals surface area (Å²) in [5, 5.41) is 0. The molecule has 4 nitrogen and oxygen atoms in total. The fraction of sp³-hybridized carbons (Fsp3) is 0.500. The lowest BCUT2D eigenvalue weighted by atomic mass is 9.36. The molecule has 2 bridgehead atoms. The second-order valence-corrected chi connectivity index (χ2v) is 8.16. The average molecular weight is 320 g/mol. The second-order valence-electron chi connectivity index (χ2n) is 8.16. The summed E-state index contributed by atoms with van der Waals surface area (Å²) < 4.78 is 5.26. The maximum absolute atomic E-state index is 12.8. The Balaban J connectivity index is 1.67. The van der Waals surface area contributed by atoms with Crippen LogP contribution in [0.25, 0.3) is 0 Å². The summed E-state index contributed by atoms with van der Waals surface area (Å²) in [5.74, 6) is -0.0880. The summed E-state index contributed by atoms with van der Waals surface area (Å²) in [6, 6.07) is 8.95. The van der Waals surface area contributed by atoms with Crippen LogP contribution in [0.2, 0.25) is 0 Å². The van der Waals surface area contributed by atoms with E-state index >= 15 is 0 Å². The highest BCUT2D eigenvalue weighted by Gasteiger charge is 2.79. The van der Waals surface area contributed by atoms with Crippen molar-refractivity contribution in [2.45, 2.75) is 30.7 Å². The number of carbonyl (C=O) groups is 1. The molecule has 4 heteroatoms. The third kappa shape index (κ3) is 1.14. The molecule has 0 amide bonds. The first-order valence-electron chi connectivity index (χ1n) is 8.86. The topological polar surface area (TPSA) is 41.9 Å². The lowest BCUT2D eigenvalue weighted by molar-refractivity contribution is -0.166. The van der Waals surface area contributed by atoms with Crippen molar-refractivity contribution in [3.63, 3.8) is 0 Å². The molecular weight excluding hydrogens is 300 g/mol. The van der Waals surface area contributed by atoms with Gasteiger partial charge in [-0.3, -0.25) is 14.7 Å². The number of aliphatic imine (C=N–C) groups is 1. The number of para-hydroxylation sites is 1. The zero-order valence-electron chi connectivity index (χ0n) is 13.8. The van der Waals surface area contributed by atoms with Crippen LogP contribution in [0.1, 0.15) is 24.8 Å². The van der Waals surface area contributed by atoms with Crippen LogP contribution in [0.3, 0.4) is 0 Å². The number of hydrogen-bond donors (Lipinski definition) is 0. The van der Waals surface area contributed by atoms with E-state index in [2.05, 4.69) is 41.3 Å². The number of rotatable bonds is 1. The van der Waals surface area contributed by atoms with Gasteiger partial charge in [-0.05, 0) is 30.9 Å². The number of ether oxygens (including phenoxy) is 1. The Bertz CT molecular complexity index is 849. The largest absolute Gasteiger partial charge is 0.468 e. The Kier molecular flexibility index (Phi) is 2.13. The number of carbonyl (C=O) groups excluding carboxylic acids is 1.